The highest BCUT2D eigenvalue weighted by Crippen LogP contribution is 2.27. The fraction of sp³-hybridized carbons (Fsp3) is 0.444. The molecule has 0 saturated carbocycles. The molecule has 26 heavy (non-hydrogen) atoms. The Hall–Kier alpha value is -2.26. The summed E-state index contributed by atoms with van der Waals surface area (Å²) < 4.78 is 7.51. The molecular formula is C18H22N2O6. The number of aryl methyl sites for hydroxylation is 2. The Bertz CT molecular complexity index is 890. The molecule has 1 aromatic carbocycles. The maximum absolute atomic E-state index is 12.7. The van der Waals surface area contributed by atoms with Crippen LogP contribution in [0.4, 0.5) is 0 Å². The zero-order valence-electron chi connectivity index (χ0n) is 14.4. The van der Waals surface area contributed by atoms with Gasteiger partial charge < -0.3 is 20.1 Å². The zero-order valence-corrected chi connectivity index (χ0v) is 14.4. The van der Waals surface area contributed by atoms with Crippen molar-refractivity contribution in [1.82, 2.24) is 9.13 Å². The number of hydrogen-bond acceptors (Lipinski definition) is 6. The first-order valence-electron chi connectivity index (χ1n) is 8.42. The van der Waals surface area contributed by atoms with Gasteiger partial charge in [0.05, 0.1) is 6.61 Å². The molecule has 2 heterocycles. The lowest BCUT2D eigenvalue weighted by molar-refractivity contribution is -0.0556. The standard InChI is InChI=1S/C18H22N2O6/c1-11-3-2-4-12(9-11)5-7-19-14(22)6-8-20(18(19)25)17-16(24)15(23)13(10-21)26-17/h2-4,6,8-9,13,15-17,21,23-24H,5,7,10H2,1H3/t13-,15?,16+,17-/m1/s1. The largest absolute Gasteiger partial charge is 0.394 e. The summed E-state index contributed by atoms with van der Waals surface area (Å²) in [4.78, 5) is 24.8. The minimum absolute atomic E-state index is 0.177. The van der Waals surface area contributed by atoms with Crippen LogP contribution in [-0.2, 0) is 17.7 Å². The number of aliphatic hydroxyl groups excluding tert-OH is 3. The average molecular weight is 362 g/mol. The van der Waals surface area contributed by atoms with Crippen LogP contribution in [0.25, 0.3) is 0 Å². The van der Waals surface area contributed by atoms with Gasteiger partial charge in [-0.1, -0.05) is 29.8 Å². The van der Waals surface area contributed by atoms with Crippen molar-refractivity contribution in [2.24, 2.45) is 0 Å². The topological polar surface area (TPSA) is 114 Å². The first kappa shape index (κ1) is 18.5. The summed E-state index contributed by atoms with van der Waals surface area (Å²) in [7, 11) is 0. The Kier molecular flexibility index (Phi) is 5.38. The van der Waals surface area contributed by atoms with E-state index < -0.39 is 42.4 Å². The first-order chi connectivity index (χ1) is 12.4. The Morgan fingerprint density at radius 2 is 1.92 bits per heavy atom. The summed E-state index contributed by atoms with van der Waals surface area (Å²) >= 11 is 0. The van der Waals surface area contributed by atoms with Crippen LogP contribution in [0.2, 0.25) is 0 Å². The monoisotopic (exact) mass is 362 g/mol. The van der Waals surface area contributed by atoms with Gasteiger partial charge >= 0.3 is 5.69 Å². The second kappa shape index (κ2) is 7.55. The summed E-state index contributed by atoms with van der Waals surface area (Å²) in [6.07, 6.45) is -3.13. The molecule has 8 heteroatoms. The Morgan fingerprint density at radius 3 is 2.58 bits per heavy atom. The van der Waals surface area contributed by atoms with Crippen molar-refractivity contribution in [2.45, 2.75) is 44.4 Å². The molecular weight excluding hydrogens is 340 g/mol. The number of aliphatic hydroxyl groups is 3. The predicted molar refractivity (Wildman–Crippen MR) is 92.9 cm³/mol. The van der Waals surface area contributed by atoms with E-state index in [9.17, 15) is 24.9 Å². The van der Waals surface area contributed by atoms with Gasteiger partial charge in [-0.3, -0.25) is 13.9 Å². The van der Waals surface area contributed by atoms with Gasteiger partial charge in [0.1, 0.15) is 18.3 Å². The molecule has 3 N–H and O–H groups in total. The highest BCUT2D eigenvalue weighted by molar-refractivity contribution is 5.22. The minimum Gasteiger partial charge on any atom is -0.394 e. The van der Waals surface area contributed by atoms with Crippen LogP contribution in [0.3, 0.4) is 0 Å². The van der Waals surface area contributed by atoms with Crippen molar-refractivity contribution < 1.29 is 20.1 Å². The van der Waals surface area contributed by atoms with Gasteiger partial charge in [-0.15, -0.1) is 0 Å². The zero-order chi connectivity index (χ0) is 18.8. The van der Waals surface area contributed by atoms with E-state index in [1.165, 1.54) is 12.3 Å². The maximum Gasteiger partial charge on any atom is 0.333 e. The average Bonchev–Trinajstić information content (AvgIpc) is 2.90. The molecule has 1 aliphatic heterocycles. The van der Waals surface area contributed by atoms with Crippen molar-refractivity contribution in [1.29, 1.82) is 0 Å². The van der Waals surface area contributed by atoms with E-state index in [0.29, 0.717) is 6.42 Å². The molecule has 0 radical (unpaired) electrons. The predicted octanol–water partition coefficient (Wildman–Crippen LogP) is -0.827. The van der Waals surface area contributed by atoms with E-state index in [-0.39, 0.29) is 6.54 Å². The van der Waals surface area contributed by atoms with Crippen LogP contribution in [0.15, 0.2) is 46.1 Å². The van der Waals surface area contributed by atoms with E-state index in [0.717, 1.165) is 20.3 Å². The van der Waals surface area contributed by atoms with Crippen LogP contribution < -0.4 is 11.2 Å². The third kappa shape index (κ3) is 3.49. The third-order valence-electron chi connectivity index (χ3n) is 4.59. The van der Waals surface area contributed by atoms with Gasteiger partial charge in [0.2, 0.25) is 0 Å². The molecule has 3 rings (SSSR count). The molecule has 1 unspecified atom stereocenters. The molecule has 8 nitrogen and oxygen atoms in total. The van der Waals surface area contributed by atoms with Gasteiger partial charge in [0.15, 0.2) is 6.23 Å². The smallest absolute Gasteiger partial charge is 0.333 e. The Balaban J connectivity index is 1.87. The summed E-state index contributed by atoms with van der Waals surface area (Å²) in [5.41, 5.74) is 0.997. The number of rotatable bonds is 5. The molecule has 1 fully saturated rings. The highest BCUT2D eigenvalue weighted by atomic mass is 16.6. The van der Waals surface area contributed by atoms with Crippen LogP contribution >= 0.6 is 0 Å². The van der Waals surface area contributed by atoms with E-state index in [1.54, 1.807) is 0 Å². The minimum atomic E-state index is -1.38. The maximum atomic E-state index is 12.7. The van der Waals surface area contributed by atoms with Gasteiger partial charge in [-0.25, -0.2) is 4.79 Å². The van der Waals surface area contributed by atoms with Crippen LogP contribution in [0.1, 0.15) is 17.4 Å². The fourth-order valence-corrected chi connectivity index (χ4v) is 3.15. The van der Waals surface area contributed by atoms with E-state index in [1.807, 2.05) is 31.2 Å². The number of nitrogens with zero attached hydrogens (tertiary/aromatic N) is 2. The lowest BCUT2D eigenvalue weighted by Crippen LogP contribution is -2.43. The van der Waals surface area contributed by atoms with Gasteiger partial charge in [0, 0.05) is 18.8 Å². The lowest BCUT2D eigenvalue weighted by Gasteiger charge is -2.18. The molecule has 0 amide bonds. The first-order valence-corrected chi connectivity index (χ1v) is 8.42. The highest BCUT2D eigenvalue weighted by Gasteiger charge is 2.43. The van der Waals surface area contributed by atoms with Crippen LogP contribution in [-0.4, -0.2) is 49.4 Å². The van der Waals surface area contributed by atoms with Crippen LogP contribution in [0, 0.1) is 6.92 Å². The van der Waals surface area contributed by atoms with Gasteiger partial charge in [-0.05, 0) is 18.9 Å². The Morgan fingerprint density at radius 1 is 1.15 bits per heavy atom. The summed E-state index contributed by atoms with van der Waals surface area (Å²) in [6, 6.07) is 9.00. The number of hydrogen-bond donors (Lipinski definition) is 3. The molecule has 0 spiro atoms. The van der Waals surface area contributed by atoms with Gasteiger partial charge in [-0.2, -0.15) is 0 Å². The second-order valence-electron chi connectivity index (χ2n) is 6.46. The fourth-order valence-electron chi connectivity index (χ4n) is 3.15. The molecule has 4 atom stereocenters. The molecule has 1 aromatic heterocycles. The van der Waals surface area contributed by atoms with E-state index >= 15 is 0 Å². The van der Waals surface area contributed by atoms with E-state index in [2.05, 4.69) is 0 Å². The van der Waals surface area contributed by atoms with E-state index in [4.69, 9.17) is 4.74 Å². The lowest BCUT2D eigenvalue weighted by atomic mass is 10.1. The van der Waals surface area contributed by atoms with Crippen molar-refractivity contribution in [2.75, 3.05) is 6.61 Å². The summed E-state index contributed by atoms with van der Waals surface area (Å²) in [6.45, 7) is 1.65. The van der Waals surface area contributed by atoms with Crippen molar-refractivity contribution in [3.63, 3.8) is 0 Å². The SMILES string of the molecule is Cc1cccc(CCn2c(=O)ccn([C@@H]3O[C@H](CO)C(O)[C@@H]3O)c2=O)c1. The Labute approximate surface area is 149 Å². The van der Waals surface area contributed by atoms with Crippen molar-refractivity contribution in [3.05, 3.63) is 68.5 Å². The van der Waals surface area contributed by atoms with Crippen molar-refractivity contribution >= 4 is 0 Å². The van der Waals surface area contributed by atoms with Gasteiger partial charge in [0.25, 0.3) is 5.56 Å². The molecule has 0 bridgehead atoms. The number of ether oxygens (including phenoxy) is 1. The quantitative estimate of drug-likeness (QED) is 0.640. The second-order valence-corrected chi connectivity index (χ2v) is 6.46. The number of aromatic nitrogens is 2. The third-order valence-corrected chi connectivity index (χ3v) is 4.59. The molecule has 1 saturated heterocycles. The summed E-state index contributed by atoms with van der Waals surface area (Å²) in [5.74, 6) is 0. The summed E-state index contributed by atoms with van der Waals surface area (Å²) in [5, 5.41) is 29.1. The molecule has 2 aromatic rings. The molecule has 0 aliphatic carbocycles. The molecule has 140 valence electrons. The van der Waals surface area contributed by atoms with Crippen LogP contribution in [0.5, 0.6) is 0 Å². The van der Waals surface area contributed by atoms with Crippen molar-refractivity contribution in [3.8, 4) is 0 Å². The number of benzene rings is 1. The molecule has 1 aliphatic rings. The normalized spacial score (nSPS) is 25.5.